The van der Waals surface area contributed by atoms with Crippen molar-refractivity contribution in [1.82, 2.24) is 20.1 Å². The molecule has 2 rings (SSSR count). The first kappa shape index (κ1) is 13.5. The van der Waals surface area contributed by atoms with Gasteiger partial charge in [-0.1, -0.05) is 32.0 Å². The molecule has 1 N–H and O–H groups in total. The summed E-state index contributed by atoms with van der Waals surface area (Å²) in [5.74, 6) is 0. The second-order valence-electron chi connectivity index (χ2n) is 4.62. The lowest BCUT2D eigenvalue weighted by Crippen LogP contribution is -2.24. The molecule has 102 valence electrons. The van der Waals surface area contributed by atoms with Crippen LogP contribution in [0.5, 0.6) is 6.01 Å². The molecule has 0 saturated carbocycles. The third-order valence-corrected chi connectivity index (χ3v) is 2.60. The Labute approximate surface area is 113 Å². The first-order valence-electron chi connectivity index (χ1n) is 6.59. The molecule has 0 spiro atoms. The largest absolute Gasteiger partial charge is 0.462 e. The molecular formula is C14H20N4O. The summed E-state index contributed by atoms with van der Waals surface area (Å²) in [6.07, 6.45) is 2.61. The molecule has 0 saturated heterocycles. The number of rotatable bonds is 7. The van der Waals surface area contributed by atoms with E-state index in [0.717, 1.165) is 18.7 Å². The van der Waals surface area contributed by atoms with E-state index in [9.17, 15) is 0 Å². The Morgan fingerprint density at radius 1 is 1.26 bits per heavy atom. The lowest BCUT2D eigenvalue weighted by molar-refractivity contribution is 0.283. The molecule has 1 heterocycles. The Morgan fingerprint density at radius 3 is 2.79 bits per heavy atom. The quantitative estimate of drug-likeness (QED) is 0.774. The van der Waals surface area contributed by atoms with Crippen LogP contribution in [0.3, 0.4) is 0 Å². The highest BCUT2D eigenvalue weighted by molar-refractivity contribution is 5.29. The highest BCUT2D eigenvalue weighted by Gasteiger charge is 2.03. The van der Waals surface area contributed by atoms with Crippen LogP contribution in [-0.4, -0.2) is 34.0 Å². The van der Waals surface area contributed by atoms with Gasteiger partial charge in [0.1, 0.15) is 6.33 Å². The van der Waals surface area contributed by atoms with Gasteiger partial charge in [0.15, 0.2) is 0 Å². The maximum Gasteiger partial charge on any atom is 0.335 e. The third kappa shape index (κ3) is 4.37. The molecule has 0 amide bonds. The minimum atomic E-state index is 0.424. The van der Waals surface area contributed by atoms with Gasteiger partial charge < -0.3 is 10.1 Å². The lowest BCUT2D eigenvalue weighted by Gasteiger charge is -2.07. The fraction of sp³-hybridized carbons (Fsp3) is 0.429. The second kappa shape index (κ2) is 6.89. The van der Waals surface area contributed by atoms with Crippen molar-refractivity contribution in [3.05, 3.63) is 36.7 Å². The van der Waals surface area contributed by atoms with Crippen molar-refractivity contribution >= 4 is 0 Å². The Balaban J connectivity index is 1.78. The smallest absolute Gasteiger partial charge is 0.335 e. The van der Waals surface area contributed by atoms with Crippen LogP contribution in [0.2, 0.25) is 0 Å². The molecule has 2 aromatic rings. The average Bonchev–Trinajstić information content (AvgIpc) is 2.88. The van der Waals surface area contributed by atoms with E-state index < -0.39 is 0 Å². The SMILES string of the molecule is CC(C)NCCCOc1ncn(-c2ccccc2)n1. The van der Waals surface area contributed by atoms with Gasteiger partial charge in [0, 0.05) is 6.04 Å². The molecule has 0 unspecified atom stereocenters. The van der Waals surface area contributed by atoms with Crippen molar-refractivity contribution in [2.75, 3.05) is 13.2 Å². The predicted octanol–water partition coefficient (Wildman–Crippen LogP) is 2.03. The zero-order chi connectivity index (χ0) is 13.5. The molecule has 0 atom stereocenters. The molecule has 5 heteroatoms. The van der Waals surface area contributed by atoms with E-state index in [2.05, 4.69) is 29.2 Å². The van der Waals surface area contributed by atoms with Crippen molar-refractivity contribution in [3.8, 4) is 11.7 Å². The Morgan fingerprint density at radius 2 is 2.05 bits per heavy atom. The van der Waals surface area contributed by atoms with Gasteiger partial charge in [0.05, 0.1) is 12.3 Å². The van der Waals surface area contributed by atoms with E-state index in [4.69, 9.17) is 4.74 Å². The van der Waals surface area contributed by atoms with Crippen LogP contribution in [0.15, 0.2) is 36.7 Å². The van der Waals surface area contributed by atoms with Crippen molar-refractivity contribution in [2.24, 2.45) is 0 Å². The van der Waals surface area contributed by atoms with Gasteiger partial charge in [-0.05, 0) is 25.1 Å². The van der Waals surface area contributed by atoms with E-state index in [1.54, 1.807) is 11.0 Å². The summed E-state index contributed by atoms with van der Waals surface area (Å²) < 4.78 is 7.22. The summed E-state index contributed by atoms with van der Waals surface area (Å²) in [7, 11) is 0. The van der Waals surface area contributed by atoms with Crippen LogP contribution in [0.25, 0.3) is 5.69 Å². The molecule has 0 aliphatic carbocycles. The molecule has 0 fully saturated rings. The maximum atomic E-state index is 5.51. The Kier molecular flexibility index (Phi) is 4.92. The van der Waals surface area contributed by atoms with Gasteiger partial charge in [-0.2, -0.15) is 4.98 Å². The second-order valence-corrected chi connectivity index (χ2v) is 4.62. The average molecular weight is 260 g/mol. The number of para-hydroxylation sites is 1. The van der Waals surface area contributed by atoms with E-state index in [1.165, 1.54) is 0 Å². The first-order valence-corrected chi connectivity index (χ1v) is 6.59. The minimum absolute atomic E-state index is 0.424. The van der Waals surface area contributed by atoms with E-state index in [-0.39, 0.29) is 0 Å². The lowest BCUT2D eigenvalue weighted by atomic mass is 10.3. The Bertz CT molecular complexity index is 481. The number of benzene rings is 1. The normalized spacial score (nSPS) is 10.9. The van der Waals surface area contributed by atoms with Gasteiger partial charge in [0.2, 0.25) is 0 Å². The molecule has 5 nitrogen and oxygen atoms in total. The number of ether oxygens (including phenoxy) is 1. The van der Waals surface area contributed by atoms with Crippen LogP contribution in [0.1, 0.15) is 20.3 Å². The molecule has 1 aromatic heterocycles. The molecular weight excluding hydrogens is 240 g/mol. The highest BCUT2D eigenvalue weighted by Crippen LogP contribution is 2.08. The summed E-state index contributed by atoms with van der Waals surface area (Å²) in [6.45, 7) is 5.82. The van der Waals surface area contributed by atoms with Crippen LogP contribution in [0.4, 0.5) is 0 Å². The van der Waals surface area contributed by atoms with Gasteiger partial charge in [-0.15, -0.1) is 5.10 Å². The van der Waals surface area contributed by atoms with Crippen LogP contribution >= 0.6 is 0 Å². The number of hydrogen-bond donors (Lipinski definition) is 1. The number of nitrogens with one attached hydrogen (secondary N) is 1. The van der Waals surface area contributed by atoms with Gasteiger partial charge >= 0.3 is 6.01 Å². The number of nitrogens with zero attached hydrogens (tertiary/aromatic N) is 3. The summed E-state index contributed by atoms with van der Waals surface area (Å²) in [4.78, 5) is 4.13. The van der Waals surface area contributed by atoms with Gasteiger partial charge in [-0.25, -0.2) is 4.68 Å². The maximum absolute atomic E-state index is 5.51. The van der Waals surface area contributed by atoms with E-state index >= 15 is 0 Å². The van der Waals surface area contributed by atoms with E-state index in [0.29, 0.717) is 18.7 Å². The minimum Gasteiger partial charge on any atom is -0.462 e. The zero-order valence-corrected chi connectivity index (χ0v) is 11.4. The summed E-state index contributed by atoms with van der Waals surface area (Å²) >= 11 is 0. The number of aromatic nitrogens is 3. The monoisotopic (exact) mass is 260 g/mol. The van der Waals surface area contributed by atoms with Crippen molar-refractivity contribution < 1.29 is 4.74 Å². The van der Waals surface area contributed by atoms with Crippen molar-refractivity contribution in [3.63, 3.8) is 0 Å². The van der Waals surface area contributed by atoms with Crippen LogP contribution in [0, 0.1) is 0 Å². The van der Waals surface area contributed by atoms with Gasteiger partial charge in [-0.3, -0.25) is 0 Å². The third-order valence-electron chi connectivity index (χ3n) is 2.60. The molecule has 0 radical (unpaired) electrons. The number of hydrogen-bond acceptors (Lipinski definition) is 4. The molecule has 1 aromatic carbocycles. The van der Waals surface area contributed by atoms with Crippen LogP contribution in [-0.2, 0) is 0 Å². The highest BCUT2D eigenvalue weighted by atomic mass is 16.5. The van der Waals surface area contributed by atoms with Crippen LogP contribution < -0.4 is 10.1 Å². The summed E-state index contributed by atoms with van der Waals surface area (Å²) in [5.41, 5.74) is 0.978. The Hall–Kier alpha value is -1.88. The topological polar surface area (TPSA) is 52.0 Å². The molecule has 0 aliphatic rings. The van der Waals surface area contributed by atoms with Gasteiger partial charge in [0.25, 0.3) is 0 Å². The molecule has 19 heavy (non-hydrogen) atoms. The van der Waals surface area contributed by atoms with Crippen molar-refractivity contribution in [1.29, 1.82) is 0 Å². The fourth-order valence-corrected chi connectivity index (χ4v) is 1.65. The van der Waals surface area contributed by atoms with Crippen molar-refractivity contribution in [2.45, 2.75) is 26.3 Å². The fourth-order valence-electron chi connectivity index (χ4n) is 1.65. The molecule has 0 bridgehead atoms. The summed E-state index contributed by atoms with van der Waals surface area (Å²) in [5, 5.41) is 7.61. The molecule has 0 aliphatic heterocycles. The summed E-state index contributed by atoms with van der Waals surface area (Å²) in [6, 6.07) is 10.8. The first-order chi connectivity index (χ1) is 9.25. The predicted molar refractivity (Wildman–Crippen MR) is 74.6 cm³/mol. The van der Waals surface area contributed by atoms with E-state index in [1.807, 2.05) is 30.3 Å². The standard InChI is InChI=1S/C14H20N4O/c1-12(2)15-9-6-10-19-14-16-11-18(17-14)13-7-4-3-5-8-13/h3-5,7-8,11-12,15H,6,9-10H2,1-2H3. The zero-order valence-electron chi connectivity index (χ0n) is 11.4.